The molecular weight excluding hydrogens is 1690 g/mol. The molecule has 0 spiro atoms. The van der Waals surface area contributed by atoms with Crippen molar-refractivity contribution in [2.75, 3.05) is 0 Å². The Morgan fingerprint density at radius 2 is 0.500 bits per heavy atom. The molecule has 0 saturated carbocycles. The van der Waals surface area contributed by atoms with Gasteiger partial charge in [-0.2, -0.15) is 0 Å². The molecule has 0 saturated heterocycles. The average Bonchev–Trinajstić information content (AvgIpc) is 1.51. The van der Waals surface area contributed by atoms with Crippen LogP contribution in [0, 0.1) is 0 Å². The minimum atomic E-state index is -0.0575. The number of nitrogens with zero attached hydrogens (tertiary/aromatic N) is 4. The Balaban J connectivity index is 0.0000000821. The van der Waals surface area contributed by atoms with Crippen molar-refractivity contribution in [3.63, 3.8) is 0 Å². The van der Waals surface area contributed by atoms with Crippen molar-refractivity contribution in [3.8, 4) is 33.4 Å². The number of aromatic nitrogens is 4. The zero-order valence-corrected chi connectivity index (χ0v) is 76.0. The summed E-state index contributed by atoms with van der Waals surface area (Å²) in [5.74, 6) is 0. The summed E-state index contributed by atoms with van der Waals surface area (Å²) in [5, 5.41) is 32.6. The maximum Gasteiger partial charge on any atom is 0.145 e. The Labute approximate surface area is 784 Å². The summed E-state index contributed by atoms with van der Waals surface area (Å²) >= 11 is 0. The molecule has 13 aromatic heterocycles. The van der Waals surface area contributed by atoms with E-state index in [0.717, 1.165) is 77.4 Å². The molecule has 0 bridgehead atoms. The van der Waals surface area contributed by atoms with Crippen LogP contribution in [0.25, 0.3) is 295 Å². The van der Waals surface area contributed by atoms with Crippen LogP contribution in [0.2, 0.25) is 0 Å². The molecule has 0 radical (unpaired) electrons. The fourth-order valence-electron chi connectivity index (χ4n) is 26.9. The van der Waals surface area contributed by atoms with Crippen LogP contribution >= 0.6 is 0 Å². The van der Waals surface area contributed by atoms with E-state index < -0.39 is 0 Å². The van der Waals surface area contributed by atoms with Crippen LogP contribution in [0.15, 0.2) is 386 Å². The van der Waals surface area contributed by atoms with Gasteiger partial charge in [-0.3, -0.25) is 0 Å². The van der Waals surface area contributed by atoms with Gasteiger partial charge in [0.2, 0.25) is 0 Å². The number of furan rings is 5. The predicted octanol–water partition coefficient (Wildman–Crippen LogP) is 35.8. The highest BCUT2D eigenvalue weighted by Gasteiger charge is 2.43. The number of hydrogen-bond acceptors (Lipinski definition) is 5. The molecule has 9 nitrogen and oxygen atoms in total. The SMILES string of the molecule is CC1(C)c2ccccc2-c2c1cc1c3cc4c(cc3n3c5ccccc5c2c13)oc1ccccc14.CC1(C)c2ccccc2-c2c1cc1c3ccccc3n3c4cc5oc6ccccc6c5cc4c2c13.CC1(C)c2ccccc2-c2cc3c4cc5c(cc4n4c6ccccc6c(c21)c34)oc1ccccc15.c1ccc2c(c1)oc1cc3c(cc12)c1cccc2c4c5oc6ccccc6c5ccc4n3c12. The predicted molar refractivity (Wildman–Crippen MR) is 573 cm³/mol. The van der Waals surface area contributed by atoms with E-state index in [9.17, 15) is 0 Å². The van der Waals surface area contributed by atoms with Crippen molar-refractivity contribution in [1.82, 2.24) is 17.6 Å². The minimum absolute atomic E-state index is 0.0466. The van der Waals surface area contributed by atoms with Crippen molar-refractivity contribution < 1.29 is 22.1 Å². The van der Waals surface area contributed by atoms with Crippen molar-refractivity contribution in [2.45, 2.75) is 57.8 Å². The van der Waals surface area contributed by atoms with Crippen LogP contribution < -0.4 is 0 Å². The number of benzene rings is 20. The van der Waals surface area contributed by atoms with Gasteiger partial charge in [-0.25, -0.2) is 0 Å². The molecule has 644 valence electrons. The molecular formula is C129H78N4O5. The smallest absolute Gasteiger partial charge is 0.145 e. The molecule has 0 unspecified atom stereocenters. The average molecular weight is 1760 g/mol. The van der Waals surface area contributed by atoms with E-state index in [-0.39, 0.29) is 16.2 Å². The van der Waals surface area contributed by atoms with Gasteiger partial charge in [-0.15, -0.1) is 0 Å². The van der Waals surface area contributed by atoms with E-state index in [1.165, 1.54) is 251 Å². The van der Waals surface area contributed by atoms with Gasteiger partial charge in [-0.05, 0) is 170 Å². The van der Waals surface area contributed by atoms with E-state index in [1.807, 2.05) is 42.5 Å². The summed E-state index contributed by atoms with van der Waals surface area (Å²) in [6, 6.07) is 132. The zero-order valence-electron chi connectivity index (χ0n) is 76.0. The summed E-state index contributed by atoms with van der Waals surface area (Å²) in [6.07, 6.45) is 0. The normalized spacial score (nSPS) is 14.3. The Kier molecular flexibility index (Phi) is 13.6. The first-order chi connectivity index (χ1) is 67.7. The van der Waals surface area contributed by atoms with Gasteiger partial charge < -0.3 is 39.7 Å². The maximum atomic E-state index is 6.42. The maximum absolute atomic E-state index is 6.42. The van der Waals surface area contributed by atoms with Gasteiger partial charge in [0, 0.05) is 175 Å². The van der Waals surface area contributed by atoms with Gasteiger partial charge in [-0.1, -0.05) is 278 Å². The van der Waals surface area contributed by atoms with E-state index in [1.54, 1.807) is 0 Å². The molecule has 20 aromatic carbocycles. The summed E-state index contributed by atoms with van der Waals surface area (Å²) in [4.78, 5) is 0. The minimum Gasteiger partial charge on any atom is -0.456 e. The third kappa shape index (κ3) is 9.01. The summed E-state index contributed by atoms with van der Waals surface area (Å²) in [5.41, 5.74) is 41.1. The van der Waals surface area contributed by atoms with E-state index in [4.69, 9.17) is 22.1 Å². The molecule has 0 atom stereocenters. The lowest BCUT2D eigenvalue weighted by Gasteiger charge is -2.22. The van der Waals surface area contributed by atoms with Crippen molar-refractivity contribution in [3.05, 3.63) is 397 Å². The molecule has 0 N–H and O–H groups in total. The van der Waals surface area contributed by atoms with Gasteiger partial charge in [0.25, 0.3) is 0 Å². The largest absolute Gasteiger partial charge is 0.456 e. The zero-order chi connectivity index (χ0) is 90.4. The number of rotatable bonds is 0. The van der Waals surface area contributed by atoms with Crippen LogP contribution in [0.3, 0.4) is 0 Å². The summed E-state index contributed by atoms with van der Waals surface area (Å²) in [7, 11) is 0. The van der Waals surface area contributed by atoms with Gasteiger partial charge in [0.1, 0.15) is 55.8 Å². The lowest BCUT2D eigenvalue weighted by molar-refractivity contribution is 0.661. The van der Waals surface area contributed by atoms with Crippen LogP contribution in [0.5, 0.6) is 0 Å². The first-order valence-electron chi connectivity index (χ1n) is 48.1. The second-order valence-electron chi connectivity index (χ2n) is 40.6. The molecule has 138 heavy (non-hydrogen) atoms. The summed E-state index contributed by atoms with van der Waals surface area (Å²) in [6.45, 7) is 14.3. The second kappa shape index (κ2) is 25.4. The Morgan fingerprint density at radius 3 is 0.993 bits per heavy atom. The highest BCUT2D eigenvalue weighted by atomic mass is 16.3. The Bertz CT molecular complexity index is 11300. The monoisotopic (exact) mass is 1760 g/mol. The third-order valence-electron chi connectivity index (χ3n) is 32.8. The number of para-hydroxylation sites is 9. The topological polar surface area (TPSA) is 83.3 Å². The van der Waals surface area contributed by atoms with Crippen molar-refractivity contribution >= 4 is 262 Å². The highest BCUT2D eigenvalue weighted by Crippen LogP contribution is 2.61. The lowest BCUT2D eigenvalue weighted by atomic mass is 9.80. The molecule has 0 aliphatic heterocycles. The first-order valence-corrected chi connectivity index (χ1v) is 48.1. The lowest BCUT2D eigenvalue weighted by Crippen LogP contribution is -2.15. The quantitative estimate of drug-likeness (QED) is 0.151. The van der Waals surface area contributed by atoms with E-state index in [0.29, 0.717) is 0 Å². The highest BCUT2D eigenvalue weighted by molar-refractivity contribution is 6.36. The second-order valence-corrected chi connectivity index (χ2v) is 40.6. The molecule has 0 fully saturated rings. The van der Waals surface area contributed by atoms with Crippen LogP contribution in [-0.4, -0.2) is 17.6 Å². The van der Waals surface area contributed by atoms with Crippen molar-refractivity contribution in [1.29, 1.82) is 0 Å². The molecule has 9 heteroatoms. The van der Waals surface area contributed by atoms with Gasteiger partial charge >= 0.3 is 0 Å². The van der Waals surface area contributed by atoms with Crippen molar-refractivity contribution in [2.24, 2.45) is 0 Å². The third-order valence-corrected chi connectivity index (χ3v) is 32.8. The molecule has 33 aromatic rings. The summed E-state index contributed by atoms with van der Waals surface area (Å²) < 4.78 is 41.4. The number of hydrogen-bond donors (Lipinski definition) is 0. The van der Waals surface area contributed by atoms with E-state index >= 15 is 0 Å². The molecule has 3 aliphatic rings. The number of fused-ring (bicyclic) bond motifs is 52. The first kappa shape index (κ1) is 74.1. The molecule has 13 heterocycles. The fourth-order valence-corrected chi connectivity index (χ4v) is 26.9. The Hall–Kier alpha value is -17.4. The fraction of sp³-hybridized carbons (Fsp3) is 0.0698. The van der Waals surface area contributed by atoms with Crippen LogP contribution in [0.4, 0.5) is 0 Å². The molecule has 36 rings (SSSR count). The van der Waals surface area contributed by atoms with Gasteiger partial charge in [0.15, 0.2) is 0 Å². The van der Waals surface area contributed by atoms with Crippen LogP contribution in [0.1, 0.15) is 74.9 Å². The van der Waals surface area contributed by atoms with Gasteiger partial charge in [0.05, 0.1) is 71.6 Å². The standard InChI is InChI=1S/3C33H21NO.C30H15NO2/c1-33(2)24-12-6-3-10-19(24)30-25(33)16-23-21-15-22-18-9-5-8-14-28(18)35-29(22)17-27(21)34-26-13-7-4-11-20(26)31(30)32(23)34;1-33(2)24-12-6-3-11-20(24)30-25(33)16-22-18-9-4-7-13-26(18)34-27-17-29-21(15-23(27)31(30)32(22)34)19-10-5-8-14-28(19)35-29;1-33(2)25-12-6-3-9-18(25)23-16-24-21-15-22-19-10-5-8-14-28(19)35-29(22)17-27(21)34-26-13-7-4-11-20(26)30(31(23)33)32(24)34;1-4-11-26-16(6-1)19-12-13-23-28(30(19)33-26)20-9-5-8-18-21-14-22-17-7-2-3-10-25(17)32-27(22)15-24(21)31(23)29(18)20/h3*3-17H,1-2H3;1-15H. The molecule has 0 amide bonds. The van der Waals surface area contributed by atoms with Crippen LogP contribution in [-0.2, 0) is 16.2 Å². The Morgan fingerprint density at radius 1 is 0.167 bits per heavy atom. The molecule has 3 aliphatic carbocycles. The van der Waals surface area contributed by atoms with E-state index in [2.05, 4.69) is 381 Å².